The molecule has 2 aromatic rings. The molecule has 1 fully saturated rings. The first-order valence-corrected chi connectivity index (χ1v) is 18.4. The Labute approximate surface area is 230 Å². The fraction of sp³-hybridized carbons (Fsp3) is 0.613. The van der Waals surface area contributed by atoms with Crippen LogP contribution in [-0.4, -0.2) is 64.1 Å². The summed E-state index contributed by atoms with van der Waals surface area (Å²) in [7, 11) is 1.46. The summed E-state index contributed by atoms with van der Waals surface area (Å²) >= 11 is 0. The van der Waals surface area contributed by atoms with Gasteiger partial charge >= 0.3 is 0 Å². The maximum Gasteiger partial charge on any atom is 0.160 e. The quantitative estimate of drug-likeness (QED) is 0.278. The average molecular weight is 553 g/mol. The van der Waals surface area contributed by atoms with E-state index in [0.717, 1.165) is 42.4 Å². The van der Waals surface area contributed by atoms with Crippen LogP contribution < -0.4 is 9.47 Å². The van der Waals surface area contributed by atoms with Crippen LogP contribution in [0.15, 0.2) is 42.5 Å². The summed E-state index contributed by atoms with van der Waals surface area (Å²) in [4.78, 5) is 0. The molecule has 1 aliphatic heterocycles. The van der Waals surface area contributed by atoms with Crippen LogP contribution in [0.4, 0.5) is 0 Å². The highest BCUT2D eigenvalue weighted by molar-refractivity contribution is 8.33. The van der Waals surface area contributed by atoms with Gasteiger partial charge in [-0.2, -0.15) is 0 Å². The van der Waals surface area contributed by atoms with Crippen LogP contribution in [0.1, 0.15) is 64.0 Å². The summed E-state index contributed by atoms with van der Waals surface area (Å²) in [5.41, 5.74) is 2.55. The number of hydrogen-bond acceptors (Lipinski definition) is 4. The summed E-state index contributed by atoms with van der Waals surface area (Å²) < 4.78 is 21.1. The number of aryl methyl sites for hydroxylation is 2. The van der Waals surface area contributed by atoms with E-state index in [1.54, 1.807) is 20.3 Å². The largest absolute Gasteiger partial charge is 0.504 e. The number of benzene rings is 2. The van der Waals surface area contributed by atoms with Gasteiger partial charge in [0.2, 0.25) is 0 Å². The molecular formula is C31H52O4S2. The highest BCUT2D eigenvalue weighted by Gasteiger charge is 2.49. The van der Waals surface area contributed by atoms with E-state index in [9.17, 15) is 9.66 Å². The lowest BCUT2D eigenvalue weighted by Gasteiger charge is -2.58. The number of hydrogen-bond donors (Lipinski definition) is 2. The summed E-state index contributed by atoms with van der Waals surface area (Å²) in [6.45, 7) is 6.87. The molecule has 0 amide bonds. The molecule has 0 spiro atoms. The second-order valence-corrected chi connectivity index (χ2v) is 18.9. The minimum Gasteiger partial charge on any atom is -0.504 e. The van der Waals surface area contributed by atoms with Gasteiger partial charge in [0.1, 0.15) is 5.75 Å². The van der Waals surface area contributed by atoms with Crippen molar-refractivity contribution in [3.63, 3.8) is 0 Å². The number of phenolic OH excluding ortho intramolecular Hbond substituents is 1. The van der Waals surface area contributed by atoms with Crippen LogP contribution in [0.25, 0.3) is 0 Å². The van der Waals surface area contributed by atoms with Gasteiger partial charge < -0.3 is 19.1 Å². The first-order chi connectivity index (χ1) is 17.4. The van der Waals surface area contributed by atoms with E-state index in [2.05, 4.69) is 51.7 Å². The monoisotopic (exact) mass is 552 g/mol. The van der Waals surface area contributed by atoms with Crippen LogP contribution in [0, 0.1) is 0 Å². The van der Waals surface area contributed by atoms with E-state index < -0.39 is 20.3 Å². The second-order valence-electron chi connectivity index (χ2n) is 11.0. The molecule has 1 heterocycles. The van der Waals surface area contributed by atoms with Crippen molar-refractivity contribution in [2.45, 2.75) is 75.7 Å². The SMILES string of the molecule is CCC(C)S(C)(C)CCCc1ccc(O)c(OC)c1.CCC1(CCc2cccc(OC)c2)CCS1(C)O. The van der Waals surface area contributed by atoms with Crippen molar-refractivity contribution < 1.29 is 19.1 Å². The molecule has 3 rings (SSSR count). The third-order valence-electron chi connectivity index (χ3n) is 8.58. The van der Waals surface area contributed by atoms with Crippen LogP contribution >= 0.6 is 20.3 Å². The molecule has 4 nitrogen and oxygen atoms in total. The second kappa shape index (κ2) is 14.0. The predicted octanol–water partition coefficient (Wildman–Crippen LogP) is 8.28. The van der Waals surface area contributed by atoms with E-state index in [-0.39, 0.29) is 10.5 Å². The summed E-state index contributed by atoms with van der Waals surface area (Å²) in [5.74, 6) is 4.05. The predicted molar refractivity (Wildman–Crippen MR) is 167 cm³/mol. The lowest BCUT2D eigenvalue weighted by Crippen LogP contribution is -2.46. The molecule has 1 aliphatic rings. The van der Waals surface area contributed by atoms with Crippen molar-refractivity contribution in [2.75, 3.05) is 44.5 Å². The molecular weight excluding hydrogens is 500 g/mol. The van der Waals surface area contributed by atoms with E-state index in [4.69, 9.17) is 9.47 Å². The number of methoxy groups -OCH3 is 2. The average Bonchev–Trinajstić information content (AvgIpc) is 2.89. The smallest absolute Gasteiger partial charge is 0.160 e. The van der Waals surface area contributed by atoms with Crippen LogP contribution in [0.3, 0.4) is 0 Å². The van der Waals surface area contributed by atoms with Crippen LogP contribution in [0.5, 0.6) is 17.2 Å². The van der Waals surface area contributed by atoms with Gasteiger partial charge in [0.15, 0.2) is 11.5 Å². The van der Waals surface area contributed by atoms with Gasteiger partial charge in [0.05, 0.1) is 14.2 Å². The van der Waals surface area contributed by atoms with E-state index in [0.29, 0.717) is 5.75 Å². The van der Waals surface area contributed by atoms with Crippen molar-refractivity contribution in [3.8, 4) is 17.2 Å². The third-order valence-corrected chi connectivity index (χ3v) is 16.0. The summed E-state index contributed by atoms with van der Waals surface area (Å²) in [6.07, 6.45) is 14.9. The number of ether oxygens (including phenoxy) is 2. The molecule has 2 aromatic carbocycles. The zero-order valence-electron chi connectivity index (χ0n) is 24.5. The summed E-state index contributed by atoms with van der Waals surface area (Å²) in [5, 5.41) is 10.4. The Hall–Kier alpha value is -1.50. The van der Waals surface area contributed by atoms with Crippen LogP contribution in [-0.2, 0) is 12.8 Å². The highest BCUT2D eigenvalue weighted by atomic mass is 32.3. The van der Waals surface area contributed by atoms with E-state index in [1.165, 1.54) is 36.1 Å². The van der Waals surface area contributed by atoms with Crippen molar-refractivity contribution in [1.29, 1.82) is 0 Å². The van der Waals surface area contributed by atoms with Gasteiger partial charge in [-0.1, -0.05) is 39.0 Å². The zero-order chi connectivity index (χ0) is 27.7. The Balaban J connectivity index is 0.000000260. The maximum absolute atomic E-state index is 10.5. The molecule has 0 saturated carbocycles. The Kier molecular flexibility index (Phi) is 12.0. The first-order valence-electron chi connectivity index (χ1n) is 13.6. The van der Waals surface area contributed by atoms with Crippen molar-refractivity contribution in [1.82, 2.24) is 0 Å². The molecule has 0 bridgehead atoms. The molecule has 3 atom stereocenters. The van der Waals surface area contributed by atoms with E-state index >= 15 is 0 Å². The molecule has 0 radical (unpaired) electrons. The molecule has 212 valence electrons. The van der Waals surface area contributed by atoms with Crippen LogP contribution in [0.2, 0.25) is 0 Å². The van der Waals surface area contributed by atoms with Gasteiger partial charge in [-0.25, -0.2) is 10.0 Å². The van der Waals surface area contributed by atoms with Crippen molar-refractivity contribution in [3.05, 3.63) is 53.6 Å². The van der Waals surface area contributed by atoms with Gasteiger partial charge in [-0.3, -0.25) is 0 Å². The minimum absolute atomic E-state index is 0.204. The third kappa shape index (κ3) is 8.49. The fourth-order valence-corrected chi connectivity index (χ4v) is 9.80. The lowest BCUT2D eigenvalue weighted by molar-refractivity contribution is 0.373. The topological polar surface area (TPSA) is 58.9 Å². The van der Waals surface area contributed by atoms with Gasteiger partial charge in [0, 0.05) is 10.5 Å². The molecule has 3 unspecified atom stereocenters. The number of phenols is 1. The molecule has 6 heteroatoms. The normalized spacial score (nSPS) is 24.0. The zero-order valence-corrected chi connectivity index (χ0v) is 26.1. The van der Waals surface area contributed by atoms with Crippen molar-refractivity contribution in [2.24, 2.45) is 0 Å². The van der Waals surface area contributed by atoms with Gasteiger partial charge in [-0.15, -0.1) is 10.3 Å². The Bertz CT molecular complexity index is 971. The molecule has 0 aliphatic carbocycles. The Morgan fingerprint density at radius 3 is 2.27 bits per heavy atom. The lowest BCUT2D eigenvalue weighted by atomic mass is 9.92. The van der Waals surface area contributed by atoms with Gasteiger partial charge in [-0.05, 0) is 110 Å². The standard InChI is InChI=1S/C16H28O2S.C15H24O2S/c1-6-13(2)19(4,5)11-7-8-14-9-10-15(17)16(12-14)18-3;1-4-15(10-11-18(15,3)16)9-8-13-6-5-7-14(12-13)17-2/h9-10,12-13,17H,6-8,11H2,1-5H3;5-7,12,16H,4,8-11H2,1-3H3. The Morgan fingerprint density at radius 2 is 1.73 bits per heavy atom. The Morgan fingerprint density at radius 1 is 1.03 bits per heavy atom. The van der Waals surface area contributed by atoms with Gasteiger partial charge in [0.25, 0.3) is 0 Å². The molecule has 1 saturated heterocycles. The minimum atomic E-state index is -1.35. The fourth-order valence-electron chi connectivity index (χ4n) is 5.07. The molecule has 0 aromatic heterocycles. The van der Waals surface area contributed by atoms with E-state index in [1.807, 2.05) is 24.3 Å². The summed E-state index contributed by atoms with van der Waals surface area (Å²) in [6, 6.07) is 13.9. The highest BCUT2D eigenvalue weighted by Crippen LogP contribution is 2.67. The molecule has 37 heavy (non-hydrogen) atoms. The number of rotatable bonds is 12. The maximum atomic E-state index is 10.5. The molecule has 2 N–H and O–H groups in total. The number of aromatic hydroxyl groups is 1. The first kappa shape index (κ1) is 31.7. The van der Waals surface area contributed by atoms with Crippen molar-refractivity contribution >= 4 is 20.3 Å².